The van der Waals surface area contributed by atoms with Crippen LogP contribution in [0.2, 0.25) is 0 Å². The second-order valence-corrected chi connectivity index (χ2v) is 8.19. The zero-order valence-corrected chi connectivity index (χ0v) is 17.1. The summed E-state index contributed by atoms with van der Waals surface area (Å²) in [6.45, 7) is 1.59. The van der Waals surface area contributed by atoms with Crippen LogP contribution in [0.4, 0.5) is 11.5 Å². The Morgan fingerprint density at radius 3 is 3.03 bits per heavy atom. The van der Waals surface area contributed by atoms with Crippen molar-refractivity contribution in [3.8, 4) is 11.6 Å². The number of rotatable bonds is 5. The Kier molecular flexibility index (Phi) is 4.80. The largest absolute Gasteiger partial charge is 0.381 e. The van der Waals surface area contributed by atoms with E-state index in [2.05, 4.69) is 27.1 Å². The predicted molar refractivity (Wildman–Crippen MR) is 118 cm³/mol. The number of fused-ring (bicyclic) bond motifs is 2. The van der Waals surface area contributed by atoms with Crippen LogP contribution in [-0.2, 0) is 13.0 Å². The fourth-order valence-corrected chi connectivity index (χ4v) is 4.36. The van der Waals surface area contributed by atoms with E-state index in [0.29, 0.717) is 29.3 Å². The molecular weight excluding hydrogens is 398 g/mol. The van der Waals surface area contributed by atoms with Crippen LogP contribution in [0.25, 0.3) is 17.2 Å². The van der Waals surface area contributed by atoms with Crippen molar-refractivity contribution in [2.75, 3.05) is 17.2 Å². The molecule has 152 valence electrons. The fourth-order valence-electron chi connectivity index (χ4n) is 3.71. The van der Waals surface area contributed by atoms with E-state index in [0.717, 1.165) is 43.0 Å². The van der Waals surface area contributed by atoms with Crippen LogP contribution in [0.15, 0.2) is 42.0 Å². The summed E-state index contributed by atoms with van der Waals surface area (Å²) in [6.07, 6.45) is 6.51. The third-order valence-electron chi connectivity index (χ3n) is 5.17. The molecular formula is C21H21N7OS. The average molecular weight is 420 g/mol. The van der Waals surface area contributed by atoms with Gasteiger partial charge in [-0.3, -0.25) is 9.20 Å². The van der Waals surface area contributed by atoms with Crippen LogP contribution < -0.4 is 16.4 Å². The quantitative estimate of drug-likeness (QED) is 0.458. The lowest BCUT2D eigenvalue weighted by Crippen LogP contribution is -2.12. The van der Waals surface area contributed by atoms with E-state index in [1.807, 2.05) is 16.7 Å². The summed E-state index contributed by atoms with van der Waals surface area (Å²) in [6, 6.07) is 7.61. The summed E-state index contributed by atoms with van der Waals surface area (Å²) >= 11 is 1.71. The van der Waals surface area contributed by atoms with Gasteiger partial charge >= 0.3 is 0 Å². The maximum absolute atomic E-state index is 11.8. The van der Waals surface area contributed by atoms with Gasteiger partial charge in [0, 0.05) is 17.6 Å². The lowest BCUT2D eigenvalue weighted by Gasteiger charge is -2.15. The van der Waals surface area contributed by atoms with Crippen molar-refractivity contribution in [3.05, 3.63) is 58.2 Å². The lowest BCUT2D eigenvalue weighted by molar-refractivity contribution is 0.100. The molecule has 5 rings (SSSR count). The van der Waals surface area contributed by atoms with Crippen molar-refractivity contribution < 1.29 is 4.79 Å². The number of pyridine rings is 1. The molecule has 0 bridgehead atoms. The Balaban J connectivity index is 1.61. The van der Waals surface area contributed by atoms with E-state index in [1.54, 1.807) is 29.7 Å². The highest BCUT2D eigenvalue weighted by Crippen LogP contribution is 2.31. The minimum Gasteiger partial charge on any atom is -0.381 e. The van der Waals surface area contributed by atoms with Gasteiger partial charge < -0.3 is 16.4 Å². The van der Waals surface area contributed by atoms with Crippen molar-refractivity contribution in [3.63, 3.8) is 0 Å². The number of hydrogen-bond donors (Lipinski definition) is 3. The molecule has 30 heavy (non-hydrogen) atoms. The summed E-state index contributed by atoms with van der Waals surface area (Å²) in [5, 5.41) is 9.02. The van der Waals surface area contributed by atoms with Gasteiger partial charge in [0.25, 0.3) is 5.91 Å². The van der Waals surface area contributed by atoms with Crippen LogP contribution in [0.1, 0.15) is 33.8 Å². The molecule has 0 aromatic carbocycles. The van der Waals surface area contributed by atoms with Gasteiger partial charge in [0.2, 0.25) is 0 Å². The minimum atomic E-state index is -0.489. The van der Waals surface area contributed by atoms with Gasteiger partial charge in [-0.25, -0.2) is 15.0 Å². The van der Waals surface area contributed by atoms with Crippen molar-refractivity contribution in [1.82, 2.24) is 19.4 Å². The molecule has 9 heteroatoms. The highest BCUT2D eigenvalue weighted by molar-refractivity contribution is 7.09. The molecule has 4 aromatic rings. The first kappa shape index (κ1) is 18.6. The second kappa shape index (κ2) is 7.75. The number of aromatic nitrogens is 4. The summed E-state index contributed by atoms with van der Waals surface area (Å²) in [4.78, 5) is 27.2. The van der Waals surface area contributed by atoms with Crippen molar-refractivity contribution in [1.29, 1.82) is 0 Å². The molecule has 0 saturated heterocycles. The van der Waals surface area contributed by atoms with E-state index in [-0.39, 0.29) is 0 Å². The Labute approximate surface area is 177 Å². The summed E-state index contributed by atoms with van der Waals surface area (Å²) in [7, 11) is 0. The zero-order valence-electron chi connectivity index (χ0n) is 16.3. The van der Waals surface area contributed by atoms with Gasteiger partial charge in [-0.1, -0.05) is 6.07 Å². The number of carbonyl (C=O) groups is 1. The number of imidazole rings is 1. The Morgan fingerprint density at radius 1 is 1.27 bits per heavy atom. The third kappa shape index (κ3) is 3.37. The topological polar surface area (TPSA) is 110 Å². The highest BCUT2D eigenvalue weighted by Gasteiger charge is 2.20. The van der Waals surface area contributed by atoms with Crippen molar-refractivity contribution >= 4 is 34.3 Å². The standard InChI is InChI=1S/C21H21N7OS/c22-18(29)14-6-3-9-28-16(14)12-25-21(28)20-26-15-7-1-2-8-23-17(15)19(27-20)24-11-13-5-4-10-30-13/h3-6,9-10,12,23H,1-2,7-8,11H2,(H2,22,29)(H,24,26,27). The monoisotopic (exact) mass is 419 g/mol. The molecule has 8 nitrogen and oxygen atoms in total. The first-order chi connectivity index (χ1) is 14.7. The molecule has 0 radical (unpaired) electrons. The molecule has 0 aliphatic carbocycles. The van der Waals surface area contributed by atoms with Gasteiger partial charge in [0.05, 0.1) is 35.2 Å². The Hall–Kier alpha value is -3.46. The molecule has 5 heterocycles. The van der Waals surface area contributed by atoms with Crippen LogP contribution in [0.3, 0.4) is 0 Å². The number of nitrogens with zero attached hydrogens (tertiary/aromatic N) is 4. The SMILES string of the molecule is NC(=O)c1cccn2c(-c3nc4c(c(NCc5cccs5)n3)NCCCC4)ncc12. The summed E-state index contributed by atoms with van der Waals surface area (Å²) in [5.41, 5.74) is 8.53. The average Bonchev–Trinajstić information content (AvgIpc) is 3.36. The van der Waals surface area contributed by atoms with Gasteiger partial charge in [0.1, 0.15) is 0 Å². The maximum Gasteiger partial charge on any atom is 0.250 e. The number of nitrogens with two attached hydrogens (primary N) is 1. The smallest absolute Gasteiger partial charge is 0.250 e. The van der Waals surface area contributed by atoms with Crippen LogP contribution in [0.5, 0.6) is 0 Å². The Morgan fingerprint density at radius 2 is 2.20 bits per heavy atom. The number of amides is 1. The van der Waals surface area contributed by atoms with Crippen LogP contribution >= 0.6 is 11.3 Å². The van der Waals surface area contributed by atoms with Gasteiger partial charge in [0.15, 0.2) is 17.5 Å². The fraction of sp³-hybridized carbons (Fsp3) is 0.238. The number of nitrogens with one attached hydrogen (secondary N) is 2. The molecule has 0 unspecified atom stereocenters. The highest BCUT2D eigenvalue weighted by atomic mass is 32.1. The summed E-state index contributed by atoms with van der Waals surface area (Å²) in [5.74, 6) is 1.39. The van der Waals surface area contributed by atoms with Gasteiger partial charge in [-0.05, 0) is 42.8 Å². The molecule has 0 saturated carbocycles. The number of carbonyl (C=O) groups excluding carboxylic acids is 1. The third-order valence-corrected chi connectivity index (χ3v) is 6.05. The van der Waals surface area contributed by atoms with Crippen molar-refractivity contribution in [2.45, 2.75) is 25.8 Å². The van der Waals surface area contributed by atoms with Crippen molar-refractivity contribution in [2.24, 2.45) is 5.73 Å². The summed E-state index contributed by atoms with van der Waals surface area (Å²) < 4.78 is 1.81. The maximum atomic E-state index is 11.8. The number of thiophene rings is 1. The lowest BCUT2D eigenvalue weighted by atomic mass is 10.2. The van der Waals surface area contributed by atoms with Crippen LogP contribution in [-0.4, -0.2) is 31.8 Å². The van der Waals surface area contributed by atoms with E-state index in [4.69, 9.17) is 15.7 Å². The molecule has 0 spiro atoms. The molecule has 0 fully saturated rings. The van der Waals surface area contributed by atoms with Crippen LogP contribution in [0, 0.1) is 0 Å². The number of primary amides is 1. The molecule has 1 amide bonds. The van der Waals surface area contributed by atoms with E-state index in [9.17, 15) is 4.79 Å². The van der Waals surface area contributed by atoms with E-state index < -0.39 is 5.91 Å². The van der Waals surface area contributed by atoms with E-state index in [1.165, 1.54) is 4.88 Å². The van der Waals surface area contributed by atoms with Gasteiger partial charge in [-0.15, -0.1) is 11.3 Å². The number of hydrogen-bond acceptors (Lipinski definition) is 7. The first-order valence-electron chi connectivity index (χ1n) is 9.88. The molecule has 1 aliphatic heterocycles. The predicted octanol–water partition coefficient (Wildman–Crippen LogP) is 3.31. The van der Waals surface area contributed by atoms with E-state index >= 15 is 0 Å². The van der Waals surface area contributed by atoms with Gasteiger partial charge in [-0.2, -0.15) is 0 Å². The molecule has 0 atom stereocenters. The first-order valence-corrected chi connectivity index (χ1v) is 10.8. The number of anilines is 2. The zero-order chi connectivity index (χ0) is 20.5. The normalized spacial score (nSPS) is 13.5. The number of aryl methyl sites for hydroxylation is 1. The minimum absolute atomic E-state index is 0.420. The second-order valence-electron chi connectivity index (χ2n) is 7.16. The Bertz CT molecular complexity index is 1220. The molecule has 1 aliphatic rings. The molecule has 4 N–H and O–H groups in total. The molecule has 4 aromatic heterocycles.